The second-order valence-electron chi connectivity index (χ2n) is 6.19. The Bertz CT molecular complexity index is 1020. The molecule has 4 rings (SSSR count). The van der Waals surface area contributed by atoms with E-state index in [9.17, 15) is 0 Å². The molecular formula is C23H18N2S2. The molecular weight excluding hydrogens is 368 g/mol. The number of rotatable bonds is 5. The van der Waals surface area contributed by atoms with Crippen LogP contribution in [0, 0.1) is 0 Å². The first-order valence-electron chi connectivity index (χ1n) is 8.79. The zero-order valence-corrected chi connectivity index (χ0v) is 16.3. The lowest BCUT2D eigenvalue weighted by molar-refractivity contribution is 1.14. The van der Waals surface area contributed by atoms with Gasteiger partial charge < -0.3 is 0 Å². The molecule has 0 radical (unpaired) electrons. The number of hydrogen-bond donors (Lipinski definition) is 0. The standard InChI is InChI=1S/C23H18N2S2/c26-21-12-6-4-11-19(21)23-20(14-24-16-25-23)18-10-5-7-13-22(18)27-15-17-8-2-1-3-9-17/h1-11,13-14,16H,12,15H2. The zero-order chi connectivity index (χ0) is 18.5. The first-order valence-corrected chi connectivity index (χ1v) is 10.2. The zero-order valence-electron chi connectivity index (χ0n) is 14.7. The molecule has 1 aliphatic carbocycles. The third-order valence-electron chi connectivity index (χ3n) is 4.38. The highest BCUT2D eigenvalue weighted by Crippen LogP contribution is 2.36. The molecule has 0 unspecified atom stereocenters. The Kier molecular flexibility index (Phi) is 5.56. The van der Waals surface area contributed by atoms with Gasteiger partial charge in [0.1, 0.15) is 6.33 Å². The van der Waals surface area contributed by atoms with Crippen LogP contribution in [-0.4, -0.2) is 14.8 Å². The summed E-state index contributed by atoms with van der Waals surface area (Å²) in [4.78, 5) is 11.0. The van der Waals surface area contributed by atoms with E-state index in [1.54, 1.807) is 6.33 Å². The van der Waals surface area contributed by atoms with Crippen LogP contribution in [0.3, 0.4) is 0 Å². The summed E-state index contributed by atoms with van der Waals surface area (Å²) in [5.41, 5.74) is 5.41. The smallest absolute Gasteiger partial charge is 0.116 e. The van der Waals surface area contributed by atoms with E-state index in [4.69, 9.17) is 12.2 Å². The summed E-state index contributed by atoms with van der Waals surface area (Å²) in [6.45, 7) is 0. The van der Waals surface area contributed by atoms with Gasteiger partial charge in [0.15, 0.2) is 0 Å². The van der Waals surface area contributed by atoms with E-state index in [-0.39, 0.29) is 0 Å². The van der Waals surface area contributed by atoms with Crippen LogP contribution in [0.4, 0.5) is 0 Å². The third kappa shape index (κ3) is 4.07. The topological polar surface area (TPSA) is 25.8 Å². The molecule has 2 nitrogen and oxygen atoms in total. The van der Waals surface area contributed by atoms with Crippen LogP contribution in [0.15, 0.2) is 90.2 Å². The van der Waals surface area contributed by atoms with Crippen LogP contribution in [0.2, 0.25) is 0 Å². The molecule has 0 saturated heterocycles. The van der Waals surface area contributed by atoms with Crippen LogP contribution in [0.1, 0.15) is 17.7 Å². The molecule has 0 bridgehead atoms. The Morgan fingerprint density at radius 1 is 0.963 bits per heavy atom. The van der Waals surface area contributed by atoms with Gasteiger partial charge in [-0.05, 0) is 17.2 Å². The summed E-state index contributed by atoms with van der Waals surface area (Å²) in [6, 6.07) is 19.0. The van der Waals surface area contributed by atoms with Crippen molar-refractivity contribution in [1.82, 2.24) is 9.97 Å². The summed E-state index contributed by atoms with van der Waals surface area (Å²) >= 11 is 7.41. The van der Waals surface area contributed by atoms with Gasteiger partial charge in [-0.3, -0.25) is 0 Å². The number of aromatic nitrogens is 2. The molecule has 0 fully saturated rings. The predicted octanol–water partition coefficient (Wildman–Crippen LogP) is 6.15. The number of hydrogen-bond acceptors (Lipinski definition) is 4. The minimum atomic E-state index is 0.787. The molecule has 27 heavy (non-hydrogen) atoms. The van der Waals surface area contributed by atoms with Crippen LogP contribution in [0.25, 0.3) is 16.7 Å². The summed E-state index contributed by atoms with van der Waals surface area (Å²) in [5, 5.41) is 0. The van der Waals surface area contributed by atoms with Crippen LogP contribution in [-0.2, 0) is 5.75 Å². The Hall–Kier alpha value is -2.56. The van der Waals surface area contributed by atoms with E-state index in [1.807, 2.05) is 30.1 Å². The lowest BCUT2D eigenvalue weighted by Gasteiger charge is -2.16. The third-order valence-corrected chi connectivity index (χ3v) is 5.92. The Labute approximate surface area is 169 Å². The van der Waals surface area contributed by atoms with E-state index < -0.39 is 0 Å². The highest BCUT2D eigenvalue weighted by atomic mass is 32.2. The van der Waals surface area contributed by atoms with Crippen molar-refractivity contribution in [1.29, 1.82) is 0 Å². The Balaban J connectivity index is 1.72. The summed E-state index contributed by atoms with van der Waals surface area (Å²) in [5.74, 6) is 0.921. The van der Waals surface area contributed by atoms with Gasteiger partial charge in [0, 0.05) is 39.3 Å². The van der Waals surface area contributed by atoms with Gasteiger partial charge >= 0.3 is 0 Å². The fourth-order valence-electron chi connectivity index (χ4n) is 3.04. The van der Waals surface area contributed by atoms with E-state index in [1.165, 1.54) is 10.5 Å². The lowest BCUT2D eigenvalue weighted by Crippen LogP contribution is -2.05. The minimum Gasteiger partial charge on any atom is -0.244 e. The molecule has 0 saturated carbocycles. The van der Waals surface area contributed by atoms with E-state index in [0.29, 0.717) is 0 Å². The van der Waals surface area contributed by atoms with Crippen LogP contribution in [0.5, 0.6) is 0 Å². The quantitative estimate of drug-likeness (QED) is 0.388. The van der Waals surface area contributed by atoms with E-state index in [0.717, 1.165) is 39.4 Å². The number of allylic oxidation sites excluding steroid dienone is 4. The maximum Gasteiger partial charge on any atom is 0.116 e. The molecule has 2 aromatic carbocycles. The molecule has 0 aliphatic heterocycles. The van der Waals surface area contributed by atoms with E-state index >= 15 is 0 Å². The first kappa shape index (κ1) is 17.8. The van der Waals surface area contributed by atoms with Crippen molar-refractivity contribution in [3.8, 4) is 11.1 Å². The molecule has 1 heterocycles. The largest absolute Gasteiger partial charge is 0.244 e. The van der Waals surface area contributed by atoms with Crippen molar-refractivity contribution in [2.45, 2.75) is 17.1 Å². The van der Waals surface area contributed by atoms with Crippen molar-refractivity contribution in [3.63, 3.8) is 0 Å². The summed E-state index contributed by atoms with van der Waals surface area (Å²) < 4.78 is 0. The highest BCUT2D eigenvalue weighted by molar-refractivity contribution is 7.98. The van der Waals surface area contributed by atoms with Gasteiger partial charge in [-0.1, -0.05) is 79.0 Å². The number of thioether (sulfide) groups is 1. The predicted molar refractivity (Wildman–Crippen MR) is 118 cm³/mol. The number of thiocarbonyl (C=S) groups is 1. The first-order chi connectivity index (χ1) is 13.3. The van der Waals surface area contributed by atoms with Crippen molar-refractivity contribution in [2.75, 3.05) is 0 Å². The summed E-state index contributed by atoms with van der Waals surface area (Å²) in [6.07, 6.45) is 10.5. The molecule has 0 atom stereocenters. The molecule has 0 spiro atoms. The molecule has 1 aliphatic rings. The minimum absolute atomic E-state index is 0.787. The van der Waals surface area contributed by atoms with Crippen LogP contribution < -0.4 is 0 Å². The van der Waals surface area contributed by atoms with Crippen molar-refractivity contribution < 1.29 is 0 Å². The molecule has 132 valence electrons. The van der Waals surface area contributed by atoms with Gasteiger partial charge in [-0.25, -0.2) is 9.97 Å². The van der Waals surface area contributed by atoms with Crippen molar-refractivity contribution in [2.24, 2.45) is 0 Å². The number of benzene rings is 2. The Morgan fingerprint density at radius 3 is 2.63 bits per heavy atom. The van der Waals surface area contributed by atoms with E-state index in [2.05, 4.69) is 70.7 Å². The normalized spacial score (nSPS) is 13.5. The molecule has 3 aromatic rings. The van der Waals surface area contributed by atoms with Gasteiger partial charge in [0.2, 0.25) is 0 Å². The van der Waals surface area contributed by atoms with Gasteiger partial charge in [0.25, 0.3) is 0 Å². The maximum atomic E-state index is 5.58. The fraction of sp³-hybridized carbons (Fsp3) is 0.0870. The monoisotopic (exact) mass is 386 g/mol. The second-order valence-corrected chi connectivity index (χ2v) is 7.70. The average Bonchev–Trinajstić information content (AvgIpc) is 2.74. The lowest BCUT2D eigenvalue weighted by atomic mass is 9.95. The van der Waals surface area contributed by atoms with Crippen LogP contribution >= 0.6 is 24.0 Å². The van der Waals surface area contributed by atoms with Crippen molar-refractivity contribution >= 4 is 34.4 Å². The van der Waals surface area contributed by atoms with Gasteiger partial charge in [0.05, 0.1) is 5.69 Å². The summed E-state index contributed by atoms with van der Waals surface area (Å²) in [7, 11) is 0. The van der Waals surface area contributed by atoms with Gasteiger partial charge in [-0.2, -0.15) is 0 Å². The second kappa shape index (κ2) is 8.42. The maximum absolute atomic E-state index is 5.58. The fourth-order valence-corrected chi connectivity index (χ4v) is 4.33. The molecule has 1 aromatic heterocycles. The average molecular weight is 387 g/mol. The van der Waals surface area contributed by atoms with Gasteiger partial charge in [-0.15, -0.1) is 11.8 Å². The molecule has 0 N–H and O–H groups in total. The Morgan fingerprint density at radius 2 is 1.78 bits per heavy atom. The number of nitrogens with zero attached hydrogens (tertiary/aromatic N) is 2. The molecule has 0 amide bonds. The van der Waals surface area contributed by atoms with Crippen molar-refractivity contribution in [3.05, 3.63) is 96.6 Å². The highest BCUT2D eigenvalue weighted by Gasteiger charge is 2.17. The SMILES string of the molecule is S=C1CC=CC=C1c1ncncc1-c1ccccc1SCc1ccccc1. The molecule has 4 heteroatoms.